The number of allylic oxidation sites excluding steroid dienone is 2. The zero-order chi connectivity index (χ0) is 23.2. The molecule has 0 saturated carbocycles. The van der Waals surface area contributed by atoms with Gasteiger partial charge in [0.15, 0.2) is 5.70 Å². The number of aromatic nitrogens is 1. The third kappa shape index (κ3) is 2.15. The second kappa shape index (κ2) is 6.60. The standard InChI is InChI=1S/C31H27BN2/c1-20-18-22(3)33-30(20)29(24-12-6-5-7-13-24)31-21(2)19-23(4)34(31)32(33)27-16-10-8-14-25(27)26-15-9-11-17-28(26)32/h5-19H,1-4H3. The van der Waals surface area contributed by atoms with Gasteiger partial charge in [0.1, 0.15) is 5.71 Å². The lowest BCUT2D eigenvalue weighted by Crippen LogP contribution is -2.71. The zero-order valence-corrected chi connectivity index (χ0v) is 20.1. The fraction of sp³-hybridized carbons (Fsp3) is 0.129. The maximum Gasteiger partial charge on any atom is 0.436 e. The molecule has 0 N–H and O–H groups in total. The molecule has 0 amide bonds. The molecular weight excluding hydrogens is 411 g/mol. The van der Waals surface area contributed by atoms with Crippen molar-refractivity contribution in [2.75, 3.05) is 0 Å². The van der Waals surface area contributed by atoms with Gasteiger partial charge in [0, 0.05) is 24.3 Å². The highest BCUT2D eigenvalue weighted by Crippen LogP contribution is 2.45. The van der Waals surface area contributed by atoms with Crippen LogP contribution in [0.4, 0.5) is 0 Å². The smallest absolute Gasteiger partial charge is 0.436 e. The van der Waals surface area contributed by atoms with E-state index in [1.807, 2.05) is 0 Å². The summed E-state index contributed by atoms with van der Waals surface area (Å²) in [4.78, 5) is 0. The van der Waals surface area contributed by atoms with E-state index >= 15 is 0 Å². The first-order valence-electron chi connectivity index (χ1n) is 12.2. The average Bonchev–Trinajstić information content (AvgIpc) is 3.43. The van der Waals surface area contributed by atoms with Gasteiger partial charge in [0.2, 0.25) is 0 Å². The Morgan fingerprint density at radius 2 is 1.29 bits per heavy atom. The lowest BCUT2D eigenvalue weighted by Gasteiger charge is -2.44. The monoisotopic (exact) mass is 438 g/mol. The Morgan fingerprint density at radius 1 is 0.706 bits per heavy atom. The summed E-state index contributed by atoms with van der Waals surface area (Å²) in [6.45, 7) is 9.11. The van der Waals surface area contributed by atoms with E-state index in [2.05, 4.69) is 128 Å². The number of aryl methyl sites for hydroxylation is 2. The molecule has 7 rings (SSSR count). The van der Waals surface area contributed by atoms with Crippen molar-refractivity contribution >= 4 is 28.6 Å². The van der Waals surface area contributed by atoms with E-state index in [9.17, 15) is 0 Å². The number of nitrogens with zero attached hydrogens (tertiary/aromatic N) is 2. The lowest BCUT2D eigenvalue weighted by atomic mass is 9.37. The fourth-order valence-corrected chi connectivity index (χ4v) is 7.25. The second-order valence-electron chi connectivity index (χ2n) is 10.1. The zero-order valence-electron chi connectivity index (χ0n) is 20.1. The van der Waals surface area contributed by atoms with E-state index in [4.69, 9.17) is 0 Å². The molecule has 4 heterocycles. The summed E-state index contributed by atoms with van der Waals surface area (Å²) in [7, 11) is 0. The molecular formula is C31H27BN2. The van der Waals surface area contributed by atoms with Crippen LogP contribution in [0.5, 0.6) is 0 Å². The van der Waals surface area contributed by atoms with Gasteiger partial charge in [-0.2, -0.15) is 0 Å². The quantitative estimate of drug-likeness (QED) is 0.352. The summed E-state index contributed by atoms with van der Waals surface area (Å²) >= 11 is 0. The molecule has 0 atom stereocenters. The van der Waals surface area contributed by atoms with Crippen molar-refractivity contribution in [3.63, 3.8) is 0 Å². The first-order chi connectivity index (χ1) is 16.5. The first-order valence-corrected chi connectivity index (χ1v) is 12.2. The van der Waals surface area contributed by atoms with Crippen molar-refractivity contribution in [3.8, 4) is 11.1 Å². The molecule has 0 saturated heterocycles. The highest BCUT2D eigenvalue weighted by atomic mass is 15.2. The molecule has 0 unspecified atom stereocenters. The van der Waals surface area contributed by atoms with Gasteiger partial charge < -0.3 is 8.96 Å². The Balaban J connectivity index is 1.74. The van der Waals surface area contributed by atoms with E-state index in [1.165, 1.54) is 67.1 Å². The van der Waals surface area contributed by atoms with Crippen LogP contribution in [-0.4, -0.2) is 21.1 Å². The van der Waals surface area contributed by atoms with Gasteiger partial charge in [0.05, 0.1) is 5.57 Å². The van der Waals surface area contributed by atoms with Crippen molar-refractivity contribution in [2.45, 2.75) is 27.7 Å². The minimum Gasteiger partial charge on any atom is -0.450 e. The van der Waals surface area contributed by atoms with Crippen molar-refractivity contribution in [2.24, 2.45) is 0 Å². The largest absolute Gasteiger partial charge is 0.450 e. The van der Waals surface area contributed by atoms with Gasteiger partial charge in [0.25, 0.3) is 0 Å². The Hall–Kier alpha value is -3.85. The second-order valence-corrected chi connectivity index (χ2v) is 10.1. The third-order valence-corrected chi connectivity index (χ3v) is 8.20. The Morgan fingerprint density at radius 3 is 1.94 bits per heavy atom. The predicted octanol–water partition coefficient (Wildman–Crippen LogP) is 5.40. The summed E-state index contributed by atoms with van der Waals surface area (Å²) in [6, 6.07) is 31.4. The van der Waals surface area contributed by atoms with Crippen LogP contribution in [0.1, 0.15) is 36.4 Å². The van der Waals surface area contributed by atoms with Crippen LogP contribution >= 0.6 is 0 Å². The molecule has 3 aliphatic heterocycles. The van der Waals surface area contributed by atoms with Crippen LogP contribution < -0.4 is 10.9 Å². The third-order valence-electron chi connectivity index (χ3n) is 8.20. The molecule has 1 aromatic heterocycles. The maximum atomic E-state index is 2.68. The van der Waals surface area contributed by atoms with Crippen molar-refractivity contribution in [3.05, 3.63) is 125 Å². The fourth-order valence-electron chi connectivity index (χ4n) is 7.25. The highest BCUT2D eigenvalue weighted by molar-refractivity contribution is 6.99. The number of hydrogen-bond acceptors (Lipinski definition) is 0. The summed E-state index contributed by atoms with van der Waals surface area (Å²) in [5.41, 5.74) is 16.1. The molecule has 2 nitrogen and oxygen atoms in total. The minimum atomic E-state index is -1.42. The maximum absolute atomic E-state index is 2.68. The van der Waals surface area contributed by atoms with E-state index in [0.29, 0.717) is 0 Å². The van der Waals surface area contributed by atoms with Crippen molar-refractivity contribution in [1.82, 2.24) is 4.48 Å². The number of hydrogen-bond donors (Lipinski definition) is 0. The van der Waals surface area contributed by atoms with Crippen LogP contribution in [0.15, 0.2) is 102 Å². The predicted molar refractivity (Wildman–Crippen MR) is 143 cm³/mol. The Labute approximate surface area is 201 Å². The molecule has 0 bridgehead atoms. The summed E-state index contributed by atoms with van der Waals surface area (Å²) < 4.78 is 5.36. The summed E-state index contributed by atoms with van der Waals surface area (Å²) in [5.74, 6) is 0. The van der Waals surface area contributed by atoms with Crippen molar-refractivity contribution in [1.29, 1.82) is 0 Å². The van der Waals surface area contributed by atoms with Crippen LogP contribution in [0.2, 0.25) is 0 Å². The van der Waals surface area contributed by atoms with Gasteiger partial charge in [-0.3, -0.25) is 0 Å². The van der Waals surface area contributed by atoms with Crippen LogP contribution in [0.25, 0.3) is 16.7 Å². The highest BCUT2D eigenvalue weighted by Gasteiger charge is 2.57. The van der Waals surface area contributed by atoms with E-state index < -0.39 is 6.42 Å². The molecule has 34 heavy (non-hydrogen) atoms. The molecule has 0 radical (unpaired) electrons. The van der Waals surface area contributed by atoms with Crippen molar-refractivity contribution < 1.29 is 4.49 Å². The van der Waals surface area contributed by atoms with Gasteiger partial charge >= 0.3 is 6.42 Å². The summed E-state index contributed by atoms with van der Waals surface area (Å²) in [6.07, 6.45) is 0.954. The molecule has 1 spiro atoms. The number of benzene rings is 3. The van der Waals surface area contributed by atoms with E-state index in [0.717, 1.165) is 0 Å². The molecule has 0 fully saturated rings. The first kappa shape index (κ1) is 19.6. The number of rotatable bonds is 1. The average molecular weight is 438 g/mol. The lowest BCUT2D eigenvalue weighted by molar-refractivity contribution is -0.330. The SMILES string of the molecule is CC1=CC(C)=[N+]2C1=C(c1ccccc1)c1c(C)cc(C)n1[B-]21c2ccccc2-c2ccccc21. The van der Waals surface area contributed by atoms with Gasteiger partial charge in [-0.25, -0.2) is 0 Å². The molecule has 4 aromatic rings. The topological polar surface area (TPSA) is 7.94 Å². The number of fused-ring (bicyclic) bond motifs is 9. The molecule has 3 aromatic carbocycles. The van der Waals surface area contributed by atoms with E-state index in [-0.39, 0.29) is 0 Å². The van der Waals surface area contributed by atoms with E-state index in [1.54, 1.807) is 0 Å². The van der Waals surface area contributed by atoms with Crippen LogP contribution in [-0.2, 0) is 0 Å². The summed E-state index contributed by atoms with van der Waals surface area (Å²) in [5, 5.41) is 0. The Bertz CT molecular complexity index is 1580. The molecule has 0 aliphatic carbocycles. The molecule has 164 valence electrons. The minimum absolute atomic E-state index is 1.28. The van der Waals surface area contributed by atoms with Gasteiger partial charge in [-0.15, -0.1) is 0 Å². The normalized spacial score (nSPS) is 17.0. The van der Waals surface area contributed by atoms with Gasteiger partial charge in [-0.1, -0.05) is 89.8 Å². The van der Waals surface area contributed by atoms with Crippen LogP contribution in [0, 0.1) is 13.8 Å². The Kier molecular flexibility index (Phi) is 3.81. The molecule has 3 aliphatic rings. The van der Waals surface area contributed by atoms with Gasteiger partial charge in [-0.05, 0) is 54.8 Å². The van der Waals surface area contributed by atoms with Crippen LogP contribution in [0.3, 0.4) is 0 Å². The molecule has 3 heteroatoms.